The van der Waals surface area contributed by atoms with Gasteiger partial charge in [0.05, 0.1) is 5.92 Å². The maximum Gasteiger partial charge on any atom is 0.228 e. The number of hydrogen-bond donors (Lipinski definition) is 1. The molecule has 1 aliphatic heterocycles. The highest BCUT2D eigenvalue weighted by Gasteiger charge is 2.58. The molecule has 14 heavy (non-hydrogen) atoms. The topological polar surface area (TPSA) is 40.5 Å². The molecule has 1 amide bonds. The summed E-state index contributed by atoms with van der Waals surface area (Å²) >= 11 is 0. The Kier molecular flexibility index (Phi) is 1.57. The number of nitrogens with zero attached hydrogens (tertiary/aromatic N) is 1. The molecule has 76 valence electrons. The highest BCUT2D eigenvalue weighted by Crippen LogP contribution is 2.53. The third kappa shape index (κ3) is 0.793. The Labute approximate surface area is 83.4 Å². The van der Waals surface area contributed by atoms with Crippen molar-refractivity contribution in [2.45, 2.75) is 19.6 Å². The van der Waals surface area contributed by atoms with Gasteiger partial charge in [-0.05, 0) is 25.2 Å². The van der Waals surface area contributed by atoms with Gasteiger partial charge in [-0.1, -0.05) is 12.2 Å². The van der Waals surface area contributed by atoms with E-state index in [9.17, 15) is 9.90 Å². The number of rotatable bonds is 1. The van der Waals surface area contributed by atoms with Crippen molar-refractivity contribution >= 4 is 5.91 Å². The van der Waals surface area contributed by atoms with Crippen LogP contribution in [0.5, 0.6) is 0 Å². The minimum absolute atomic E-state index is 0.0833. The first-order chi connectivity index (χ1) is 6.74. The average Bonchev–Trinajstić information content (AvgIpc) is 2.80. The number of amides is 1. The highest BCUT2D eigenvalue weighted by molar-refractivity contribution is 5.83. The molecule has 0 aromatic rings. The van der Waals surface area contributed by atoms with Crippen molar-refractivity contribution in [1.29, 1.82) is 0 Å². The second kappa shape index (κ2) is 2.60. The van der Waals surface area contributed by atoms with E-state index in [4.69, 9.17) is 0 Å². The fraction of sp³-hybridized carbons (Fsp3) is 0.727. The Balaban J connectivity index is 1.97. The van der Waals surface area contributed by atoms with Gasteiger partial charge in [-0.15, -0.1) is 0 Å². The Morgan fingerprint density at radius 1 is 1.50 bits per heavy atom. The van der Waals surface area contributed by atoms with E-state index in [0.29, 0.717) is 18.4 Å². The first-order valence-corrected chi connectivity index (χ1v) is 5.41. The van der Waals surface area contributed by atoms with Crippen molar-refractivity contribution in [2.75, 3.05) is 6.54 Å². The first kappa shape index (κ1) is 8.48. The van der Waals surface area contributed by atoms with E-state index in [1.807, 2.05) is 6.92 Å². The summed E-state index contributed by atoms with van der Waals surface area (Å²) in [5.74, 6) is 1.28. The van der Waals surface area contributed by atoms with Crippen molar-refractivity contribution in [3.8, 4) is 0 Å². The molecule has 1 saturated carbocycles. The summed E-state index contributed by atoms with van der Waals surface area (Å²) in [6, 6.07) is 0. The van der Waals surface area contributed by atoms with Crippen LogP contribution in [0.2, 0.25) is 0 Å². The summed E-state index contributed by atoms with van der Waals surface area (Å²) in [6.07, 6.45) is 4.89. The van der Waals surface area contributed by atoms with E-state index >= 15 is 0 Å². The van der Waals surface area contributed by atoms with Crippen LogP contribution in [0.1, 0.15) is 13.3 Å². The molecule has 0 spiro atoms. The minimum atomic E-state index is -0.530. The summed E-state index contributed by atoms with van der Waals surface area (Å²) in [4.78, 5) is 13.6. The molecule has 0 aromatic heterocycles. The van der Waals surface area contributed by atoms with Gasteiger partial charge in [-0.2, -0.15) is 0 Å². The Morgan fingerprint density at radius 3 is 2.86 bits per heavy atom. The van der Waals surface area contributed by atoms with Crippen LogP contribution in [0.4, 0.5) is 0 Å². The average molecular weight is 193 g/mol. The van der Waals surface area contributed by atoms with Crippen LogP contribution in [0.3, 0.4) is 0 Å². The van der Waals surface area contributed by atoms with Crippen molar-refractivity contribution in [2.24, 2.45) is 23.7 Å². The number of likely N-dealkylation sites (tertiary alicyclic amines) is 1. The number of allylic oxidation sites excluding steroid dienone is 2. The monoisotopic (exact) mass is 193 g/mol. The Hall–Kier alpha value is -0.830. The molecule has 2 fully saturated rings. The maximum absolute atomic E-state index is 12.0. The van der Waals surface area contributed by atoms with Gasteiger partial charge in [-0.3, -0.25) is 4.79 Å². The molecule has 2 aliphatic carbocycles. The van der Waals surface area contributed by atoms with Crippen LogP contribution < -0.4 is 0 Å². The Morgan fingerprint density at radius 2 is 2.21 bits per heavy atom. The molecule has 3 aliphatic rings. The van der Waals surface area contributed by atoms with Crippen LogP contribution in [0.25, 0.3) is 0 Å². The lowest BCUT2D eigenvalue weighted by Gasteiger charge is -2.23. The molecule has 5 unspecified atom stereocenters. The second-order valence-electron chi connectivity index (χ2n) is 4.59. The van der Waals surface area contributed by atoms with Gasteiger partial charge in [0.1, 0.15) is 6.23 Å². The second-order valence-corrected chi connectivity index (χ2v) is 4.59. The summed E-state index contributed by atoms with van der Waals surface area (Å²) in [5, 5.41) is 10.0. The molecule has 3 rings (SSSR count). The standard InChI is InChI=1S/C11H15NO2/c1-2-12-10(13)8-6-3-4-7(5-6)9(8)11(12)14/h3-4,6-10,13H,2,5H2,1H3. The van der Waals surface area contributed by atoms with Crippen LogP contribution >= 0.6 is 0 Å². The van der Waals surface area contributed by atoms with Gasteiger partial charge >= 0.3 is 0 Å². The van der Waals surface area contributed by atoms with Crippen molar-refractivity contribution < 1.29 is 9.90 Å². The van der Waals surface area contributed by atoms with Gasteiger partial charge in [0.25, 0.3) is 0 Å². The summed E-state index contributed by atoms with van der Waals surface area (Å²) in [6.45, 7) is 2.56. The lowest BCUT2D eigenvalue weighted by Crippen LogP contribution is -2.36. The number of hydrogen-bond acceptors (Lipinski definition) is 2. The van der Waals surface area contributed by atoms with Crippen molar-refractivity contribution in [3.05, 3.63) is 12.2 Å². The largest absolute Gasteiger partial charge is 0.373 e. The number of carbonyl (C=O) groups excluding carboxylic acids is 1. The van der Waals surface area contributed by atoms with E-state index in [1.54, 1.807) is 4.90 Å². The van der Waals surface area contributed by atoms with Crippen LogP contribution in [-0.2, 0) is 4.79 Å². The lowest BCUT2D eigenvalue weighted by molar-refractivity contribution is -0.136. The predicted molar refractivity (Wildman–Crippen MR) is 51.1 cm³/mol. The van der Waals surface area contributed by atoms with Gasteiger partial charge in [-0.25, -0.2) is 0 Å². The highest BCUT2D eigenvalue weighted by atomic mass is 16.3. The fourth-order valence-electron chi connectivity index (χ4n) is 3.49. The molecule has 5 atom stereocenters. The molecular weight excluding hydrogens is 178 g/mol. The molecule has 0 radical (unpaired) electrons. The zero-order valence-electron chi connectivity index (χ0n) is 8.26. The van der Waals surface area contributed by atoms with Crippen LogP contribution in [0.15, 0.2) is 12.2 Å². The van der Waals surface area contributed by atoms with Crippen molar-refractivity contribution in [1.82, 2.24) is 4.90 Å². The number of carbonyl (C=O) groups is 1. The molecular formula is C11H15NO2. The summed E-state index contributed by atoms with van der Waals surface area (Å²) < 4.78 is 0. The SMILES string of the molecule is CCN1C(=O)C2C3C=CC(C3)C2C1O. The Bertz CT molecular complexity index is 312. The molecule has 1 N–H and O–H groups in total. The van der Waals surface area contributed by atoms with E-state index in [2.05, 4.69) is 12.2 Å². The molecule has 1 saturated heterocycles. The number of aliphatic hydroxyl groups is 1. The van der Waals surface area contributed by atoms with Crippen LogP contribution in [-0.4, -0.2) is 28.7 Å². The van der Waals surface area contributed by atoms with Gasteiger partial charge < -0.3 is 10.0 Å². The smallest absolute Gasteiger partial charge is 0.228 e. The van der Waals surface area contributed by atoms with Gasteiger partial charge in [0.2, 0.25) is 5.91 Å². The molecule has 2 bridgehead atoms. The molecule has 3 nitrogen and oxygen atoms in total. The third-order valence-corrected chi connectivity index (χ3v) is 4.09. The molecule has 1 heterocycles. The third-order valence-electron chi connectivity index (χ3n) is 4.09. The molecule has 0 aromatic carbocycles. The maximum atomic E-state index is 12.0. The van der Waals surface area contributed by atoms with E-state index in [-0.39, 0.29) is 17.7 Å². The normalized spacial score (nSPS) is 49.1. The van der Waals surface area contributed by atoms with Crippen LogP contribution in [0, 0.1) is 23.7 Å². The van der Waals surface area contributed by atoms with Crippen molar-refractivity contribution in [3.63, 3.8) is 0 Å². The minimum Gasteiger partial charge on any atom is -0.373 e. The molecule has 3 heteroatoms. The van der Waals surface area contributed by atoms with Gasteiger partial charge in [0, 0.05) is 12.5 Å². The van der Waals surface area contributed by atoms with E-state index in [0.717, 1.165) is 6.42 Å². The fourth-order valence-corrected chi connectivity index (χ4v) is 3.49. The van der Waals surface area contributed by atoms with E-state index in [1.165, 1.54) is 0 Å². The predicted octanol–water partition coefficient (Wildman–Crippen LogP) is 0.605. The number of fused-ring (bicyclic) bond motifs is 5. The quantitative estimate of drug-likeness (QED) is 0.620. The summed E-state index contributed by atoms with van der Waals surface area (Å²) in [5.41, 5.74) is 0. The lowest BCUT2D eigenvalue weighted by atomic mass is 9.85. The first-order valence-electron chi connectivity index (χ1n) is 5.41. The zero-order chi connectivity index (χ0) is 9.87. The summed E-state index contributed by atoms with van der Waals surface area (Å²) in [7, 11) is 0. The van der Waals surface area contributed by atoms with Gasteiger partial charge in [0.15, 0.2) is 0 Å². The zero-order valence-corrected chi connectivity index (χ0v) is 8.26. The number of aliphatic hydroxyl groups excluding tert-OH is 1. The van der Waals surface area contributed by atoms with E-state index < -0.39 is 6.23 Å².